The summed E-state index contributed by atoms with van der Waals surface area (Å²) in [5, 5.41) is 10.5. The second kappa shape index (κ2) is 10.0. The van der Waals surface area contributed by atoms with E-state index in [1.54, 1.807) is 49.4 Å². The molecule has 2 saturated heterocycles. The first-order valence-electron chi connectivity index (χ1n) is 14.4. The van der Waals surface area contributed by atoms with Gasteiger partial charge in [-0.3, -0.25) is 24.1 Å². The Bertz CT molecular complexity index is 1790. The van der Waals surface area contributed by atoms with Gasteiger partial charge in [0.2, 0.25) is 23.6 Å². The van der Waals surface area contributed by atoms with Crippen molar-refractivity contribution in [3.05, 3.63) is 94.8 Å². The highest BCUT2D eigenvalue weighted by molar-refractivity contribution is 6.32. The summed E-state index contributed by atoms with van der Waals surface area (Å²) in [6, 6.07) is 17.3. The smallest absolute Gasteiger partial charge is 0.241 e. The zero-order valence-corrected chi connectivity index (χ0v) is 24.6. The van der Waals surface area contributed by atoms with Crippen LogP contribution in [0, 0.1) is 34.9 Å². The van der Waals surface area contributed by atoms with Gasteiger partial charge in [0.25, 0.3) is 0 Å². The molecule has 0 aromatic heterocycles. The van der Waals surface area contributed by atoms with Gasteiger partial charge in [-0.2, -0.15) is 0 Å². The minimum Gasteiger partial charge on any atom is -0.504 e. The van der Waals surface area contributed by atoms with Gasteiger partial charge in [0.1, 0.15) is 5.82 Å². The summed E-state index contributed by atoms with van der Waals surface area (Å²) in [7, 11) is 1.43. The topological polar surface area (TPSA) is 104 Å². The number of amides is 4. The van der Waals surface area contributed by atoms with Gasteiger partial charge in [-0.15, -0.1) is 0 Å². The van der Waals surface area contributed by atoms with Gasteiger partial charge in [-0.1, -0.05) is 47.5 Å². The molecule has 2 heterocycles. The van der Waals surface area contributed by atoms with Gasteiger partial charge in [-0.25, -0.2) is 9.29 Å². The first-order chi connectivity index (χ1) is 21.1. The number of imide groups is 2. The zero-order chi connectivity index (χ0) is 31.1. The number of methoxy groups -OCH3 is 1. The van der Waals surface area contributed by atoms with E-state index in [1.165, 1.54) is 30.2 Å². The molecule has 4 aliphatic rings. The maximum Gasteiger partial charge on any atom is 0.241 e. The number of fused-ring (bicyclic) bond motifs is 4. The number of nitrogens with zero attached hydrogens (tertiary/aromatic N) is 2. The fraction of sp³-hybridized carbons (Fsp3) is 0.294. The molecule has 3 aromatic carbocycles. The summed E-state index contributed by atoms with van der Waals surface area (Å²) in [6.07, 6.45) is 2.40. The Morgan fingerprint density at radius 2 is 1.66 bits per heavy atom. The quantitative estimate of drug-likeness (QED) is 0.302. The van der Waals surface area contributed by atoms with Crippen LogP contribution in [-0.2, 0) is 19.2 Å². The van der Waals surface area contributed by atoms with E-state index in [9.17, 15) is 28.7 Å². The summed E-state index contributed by atoms with van der Waals surface area (Å²) >= 11 is 6.05. The Labute approximate surface area is 257 Å². The predicted octanol–water partition coefficient (Wildman–Crippen LogP) is 5.63. The molecule has 2 aliphatic carbocycles. The van der Waals surface area contributed by atoms with Gasteiger partial charge in [0, 0.05) is 5.92 Å². The molecule has 0 radical (unpaired) electrons. The number of hydrogen-bond acceptors (Lipinski definition) is 6. The van der Waals surface area contributed by atoms with Gasteiger partial charge >= 0.3 is 0 Å². The lowest BCUT2D eigenvalue weighted by molar-refractivity contribution is -0.131. The molecule has 44 heavy (non-hydrogen) atoms. The number of allylic oxidation sites excluding steroid dienone is 2. The van der Waals surface area contributed by atoms with Crippen molar-refractivity contribution in [1.29, 1.82) is 0 Å². The highest BCUT2D eigenvalue weighted by atomic mass is 35.5. The number of aromatic hydroxyl groups is 1. The van der Waals surface area contributed by atoms with Crippen molar-refractivity contribution < 1.29 is 33.4 Å². The second-order valence-corrected chi connectivity index (χ2v) is 12.4. The number of carbonyl (C=O) groups is 4. The van der Waals surface area contributed by atoms with Gasteiger partial charge in [0.15, 0.2) is 11.5 Å². The van der Waals surface area contributed by atoms with E-state index < -0.39 is 52.6 Å². The van der Waals surface area contributed by atoms with Crippen molar-refractivity contribution in [3.63, 3.8) is 0 Å². The van der Waals surface area contributed by atoms with Crippen LogP contribution < -0.4 is 14.5 Å². The van der Waals surface area contributed by atoms with Crippen LogP contribution in [0.3, 0.4) is 0 Å². The van der Waals surface area contributed by atoms with E-state index in [-0.39, 0.29) is 40.4 Å². The first kappa shape index (κ1) is 28.3. The van der Waals surface area contributed by atoms with Gasteiger partial charge < -0.3 is 9.84 Å². The number of para-hydroxylation sites is 1. The highest BCUT2D eigenvalue weighted by Crippen LogP contribution is 2.64. The third kappa shape index (κ3) is 3.81. The van der Waals surface area contributed by atoms with Crippen molar-refractivity contribution >= 4 is 46.6 Å². The summed E-state index contributed by atoms with van der Waals surface area (Å²) in [5.74, 6) is -5.60. The Balaban J connectivity index is 1.38. The Hall–Kier alpha value is -4.50. The highest BCUT2D eigenvalue weighted by Gasteiger charge is 2.67. The van der Waals surface area contributed by atoms with Crippen LogP contribution in [0.2, 0.25) is 5.02 Å². The van der Waals surface area contributed by atoms with Crippen LogP contribution in [0.1, 0.15) is 31.2 Å². The normalized spacial score (nSPS) is 29.4. The number of halogens is 2. The lowest BCUT2D eigenvalue weighted by Crippen LogP contribution is -2.48. The van der Waals surface area contributed by atoms with Crippen molar-refractivity contribution in [2.45, 2.75) is 25.7 Å². The molecule has 2 aliphatic heterocycles. The van der Waals surface area contributed by atoms with Crippen molar-refractivity contribution in [2.75, 3.05) is 16.9 Å². The van der Waals surface area contributed by atoms with E-state index in [1.807, 2.05) is 6.08 Å². The maximum absolute atomic E-state index is 14.4. The molecule has 3 aromatic rings. The van der Waals surface area contributed by atoms with Gasteiger partial charge in [-0.05, 0) is 73.7 Å². The van der Waals surface area contributed by atoms with Gasteiger partial charge in [0.05, 0.1) is 46.7 Å². The molecule has 10 heteroatoms. The van der Waals surface area contributed by atoms with Crippen LogP contribution in [0.4, 0.5) is 15.8 Å². The number of anilines is 2. The average Bonchev–Trinajstić information content (AvgIpc) is 3.38. The van der Waals surface area contributed by atoms with E-state index in [0.717, 1.165) is 16.5 Å². The van der Waals surface area contributed by atoms with Crippen LogP contribution >= 0.6 is 11.6 Å². The first-order valence-corrected chi connectivity index (χ1v) is 14.8. The summed E-state index contributed by atoms with van der Waals surface area (Å²) in [6.45, 7) is 1.73. The summed E-state index contributed by atoms with van der Waals surface area (Å²) < 4.78 is 19.3. The fourth-order valence-electron chi connectivity index (χ4n) is 7.98. The Morgan fingerprint density at radius 3 is 2.34 bits per heavy atom. The van der Waals surface area contributed by atoms with E-state index in [2.05, 4.69) is 0 Å². The van der Waals surface area contributed by atoms with E-state index >= 15 is 0 Å². The Morgan fingerprint density at radius 1 is 0.909 bits per heavy atom. The predicted molar refractivity (Wildman–Crippen MR) is 160 cm³/mol. The molecular formula is C34H28ClFN2O6. The minimum absolute atomic E-state index is 0.136. The van der Waals surface area contributed by atoms with Crippen molar-refractivity contribution in [2.24, 2.45) is 29.1 Å². The van der Waals surface area contributed by atoms with E-state index in [4.69, 9.17) is 16.3 Å². The fourth-order valence-corrected chi connectivity index (χ4v) is 8.16. The molecule has 0 spiro atoms. The number of ether oxygens (including phenoxy) is 1. The molecule has 3 fully saturated rings. The number of benzene rings is 3. The number of carbonyl (C=O) groups excluding carboxylic acids is 4. The number of rotatable bonds is 4. The molecule has 1 N–H and O–H groups in total. The second-order valence-electron chi connectivity index (χ2n) is 12.0. The minimum atomic E-state index is -1.32. The number of phenolic OH excluding ortho intramolecular Hbond substituents is 1. The van der Waals surface area contributed by atoms with Crippen LogP contribution in [0.25, 0.3) is 0 Å². The largest absolute Gasteiger partial charge is 0.504 e. The third-order valence-corrected chi connectivity index (χ3v) is 10.3. The molecular weight excluding hydrogens is 587 g/mol. The maximum atomic E-state index is 14.4. The van der Waals surface area contributed by atoms with Crippen LogP contribution in [0.5, 0.6) is 11.5 Å². The van der Waals surface area contributed by atoms with Crippen LogP contribution in [-0.4, -0.2) is 35.8 Å². The monoisotopic (exact) mass is 614 g/mol. The Kier molecular flexibility index (Phi) is 6.44. The average molecular weight is 615 g/mol. The summed E-state index contributed by atoms with van der Waals surface area (Å²) in [4.78, 5) is 58.7. The SMILES string of the molecule is COc1ccc(C2C3=CCC4C(=O)N(c5ccccc5)C(=O)C4C3CC3C(=O)N(c4ccc(F)c(Cl)c4)C(=O)C32C)cc1O. The summed E-state index contributed by atoms with van der Waals surface area (Å²) in [5.41, 5.74) is 0.671. The number of hydrogen-bond donors (Lipinski definition) is 1. The van der Waals surface area contributed by atoms with E-state index in [0.29, 0.717) is 17.7 Å². The molecule has 8 nitrogen and oxygen atoms in total. The molecule has 0 bridgehead atoms. The van der Waals surface area contributed by atoms with Crippen molar-refractivity contribution in [1.82, 2.24) is 0 Å². The lowest BCUT2D eigenvalue weighted by atomic mass is 9.51. The molecule has 6 unspecified atom stereocenters. The number of phenols is 1. The molecule has 6 atom stereocenters. The molecule has 7 rings (SSSR count). The van der Waals surface area contributed by atoms with Crippen LogP contribution in [0.15, 0.2) is 78.4 Å². The third-order valence-electron chi connectivity index (χ3n) is 9.99. The standard InChI is InChI=1S/C34H28ClFN2O6/c1-34-23(31(41)38(33(34)43)19-9-12-25(36)24(35)15-19)16-22-20(29(34)17-8-13-27(44-2)26(39)14-17)10-11-21-28(22)32(42)37(30(21)40)18-6-4-3-5-7-18/h3-10,12-15,21-23,28-29,39H,11,16H2,1-2H3. The lowest BCUT2D eigenvalue weighted by Gasteiger charge is -2.49. The molecule has 4 amide bonds. The van der Waals surface area contributed by atoms with Crippen molar-refractivity contribution in [3.8, 4) is 11.5 Å². The zero-order valence-electron chi connectivity index (χ0n) is 23.9. The molecule has 224 valence electrons. The molecule has 1 saturated carbocycles.